The molecule has 8 nitrogen and oxygen atoms in total. The first kappa shape index (κ1) is 26.3. The molecule has 0 radical (unpaired) electrons. The number of pyridine rings is 1. The van der Waals surface area contributed by atoms with E-state index in [1.807, 2.05) is 0 Å². The van der Waals surface area contributed by atoms with Crippen LogP contribution in [-0.4, -0.2) is 46.9 Å². The molecule has 5 rings (SSSR count). The molecule has 2 aromatic heterocycles. The van der Waals surface area contributed by atoms with E-state index in [0.29, 0.717) is 57.5 Å². The highest BCUT2D eigenvalue weighted by atomic mass is 35.5. The van der Waals surface area contributed by atoms with E-state index in [0.717, 1.165) is 11.8 Å². The van der Waals surface area contributed by atoms with E-state index in [1.165, 1.54) is 13.3 Å². The highest BCUT2D eigenvalue weighted by molar-refractivity contribution is 6.32. The monoisotopic (exact) mass is 551 g/mol. The van der Waals surface area contributed by atoms with Gasteiger partial charge in [0.05, 0.1) is 40.3 Å². The fourth-order valence-electron chi connectivity index (χ4n) is 4.88. The van der Waals surface area contributed by atoms with Crippen LogP contribution in [0.5, 0.6) is 5.75 Å². The molecule has 0 saturated heterocycles. The fourth-order valence-corrected chi connectivity index (χ4v) is 5.13. The minimum atomic E-state index is -2.93. The van der Waals surface area contributed by atoms with Crippen LogP contribution < -0.4 is 20.7 Å². The number of ether oxygens (including phenoxy) is 1. The first-order valence-electron chi connectivity index (χ1n) is 12.1. The molecule has 3 heterocycles. The van der Waals surface area contributed by atoms with Crippen LogP contribution in [0.15, 0.2) is 49.3 Å². The Kier molecular flexibility index (Phi) is 6.78. The third-order valence-corrected chi connectivity index (χ3v) is 6.89. The first-order valence-corrected chi connectivity index (χ1v) is 12.5. The summed E-state index contributed by atoms with van der Waals surface area (Å²) in [6, 6.07) is 6.92. The Hall–Kier alpha value is -4.36. The lowest BCUT2D eigenvalue weighted by molar-refractivity contribution is -0.133. The van der Waals surface area contributed by atoms with Crippen molar-refractivity contribution >= 4 is 34.8 Å². The van der Waals surface area contributed by atoms with Gasteiger partial charge in [0.2, 0.25) is 5.91 Å². The van der Waals surface area contributed by atoms with Gasteiger partial charge < -0.3 is 25.7 Å². The molecule has 11 heteroatoms. The highest BCUT2D eigenvalue weighted by Gasteiger charge is 2.56. The van der Waals surface area contributed by atoms with Crippen molar-refractivity contribution in [3.8, 4) is 28.8 Å². The molecule has 4 N–H and O–H groups in total. The maximum absolute atomic E-state index is 13.8. The Morgan fingerprint density at radius 1 is 1.31 bits per heavy atom. The van der Waals surface area contributed by atoms with Gasteiger partial charge in [-0.15, -0.1) is 0 Å². The van der Waals surface area contributed by atoms with Gasteiger partial charge in [0.25, 0.3) is 11.8 Å². The van der Waals surface area contributed by atoms with Crippen molar-refractivity contribution in [1.82, 2.24) is 20.6 Å². The number of nitrogens with zero attached hydrogens (tertiary/aromatic N) is 1. The number of anilines is 2. The number of rotatable bonds is 6. The van der Waals surface area contributed by atoms with Crippen LogP contribution >= 0.6 is 11.6 Å². The molecule has 0 bridgehead atoms. The number of amides is 2. The van der Waals surface area contributed by atoms with Gasteiger partial charge in [-0.1, -0.05) is 36.1 Å². The molecule has 1 fully saturated rings. The number of nitrogens with one attached hydrogen (secondary N) is 4. The van der Waals surface area contributed by atoms with E-state index in [9.17, 15) is 18.4 Å². The van der Waals surface area contributed by atoms with E-state index < -0.39 is 30.2 Å². The highest BCUT2D eigenvalue weighted by Crippen LogP contribution is 2.46. The fraction of sp³-hybridized carbons (Fsp3) is 0.250. The smallest absolute Gasteiger partial charge is 0.255 e. The molecule has 1 saturated carbocycles. The van der Waals surface area contributed by atoms with Crippen molar-refractivity contribution in [2.75, 3.05) is 19.0 Å². The summed E-state index contributed by atoms with van der Waals surface area (Å²) in [5.74, 6) is 2.42. The second-order valence-corrected chi connectivity index (χ2v) is 9.74. The summed E-state index contributed by atoms with van der Waals surface area (Å²) in [6.45, 7) is 3.86. The molecule has 1 aromatic carbocycles. The second-order valence-electron chi connectivity index (χ2n) is 9.34. The Labute approximate surface area is 228 Å². The number of hydrogen-bond donors (Lipinski definition) is 4. The molecule has 0 spiro atoms. The Balaban J connectivity index is 1.62. The number of carbonyl (C=O) groups excluding carboxylic acids is 2. The number of aromatic amines is 1. The van der Waals surface area contributed by atoms with Crippen molar-refractivity contribution < 1.29 is 23.1 Å². The Morgan fingerprint density at radius 2 is 2.10 bits per heavy atom. The van der Waals surface area contributed by atoms with E-state index in [4.69, 9.17) is 16.3 Å². The number of para-hydroxylation sites is 1. The maximum Gasteiger partial charge on any atom is 0.255 e. The number of carbonyl (C=O) groups is 2. The summed E-state index contributed by atoms with van der Waals surface area (Å²) in [5.41, 5.74) is 2.32. The number of aromatic nitrogens is 2. The number of alkyl halides is 2. The zero-order valence-electron chi connectivity index (χ0n) is 20.9. The SMILES string of the molecule is C=CC(=O)NC1(C#Cc2cnccc2-c2[nH]c3c(c2Nc2cccc(Cl)c2OC)C(=O)NCC3)CC(F)(F)C1. The van der Waals surface area contributed by atoms with Crippen molar-refractivity contribution in [1.29, 1.82) is 0 Å². The van der Waals surface area contributed by atoms with E-state index in [2.05, 4.69) is 44.3 Å². The number of hydrogen-bond acceptors (Lipinski definition) is 5. The number of H-pyrrole nitrogens is 1. The number of methoxy groups -OCH3 is 1. The molecule has 2 amide bonds. The first-order chi connectivity index (χ1) is 18.6. The predicted octanol–water partition coefficient (Wildman–Crippen LogP) is 4.59. The van der Waals surface area contributed by atoms with Crippen LogP contribution in [0.4, 0.5) is 20.2 Å². The van der Waals surface area contributed by atoms with Gasteiger partial charge in [0.1, 0.15) is 5.54 Å². The van der Waals surface area contributed by atoms with Crippen molar-refractivity contribution in [2.24, 2.45) is 0 Å². The lowest BCUT2D eigenvalue weighted by atomic mass is 9.73. The van der Waals surface area contributed by atoms with Gasteiger partial charge in [0.15, 0.2) is 5.75 Å². The van der Waals surface area contributed by atoms with Crippen LogP contribution in [0.1, 0.15) is 34.5 Å². The Bertz CT molecular complexity index is 1550. The average molecular weight is 552 g/mol. The summed E-state index contributed by atoms with van der Waals surface area (Å²) in [6.07, 6.45) is 3.44. The van der Waals surface area contributed by atoms with Crippen LogP contribution in [0.25, 0.3) is 11.3 Å². The summed E-state index contributed by atoms with van der Waals surface area (Å²) < 4.78 is 33.2. The third-order valence-electron chi connectivity index (χ3n) is 6.59. The number of benzene rings is 1. The molecular weight excluding hydrogens is 528 g/mol. The normalized spacial score (nSPS) is 16.5. The van der Waals surface area contributed by atoms with Crippen LogP contribution in [-0.2, 0) is 11.2 Å². The molecular formula is C28H24ClF2N5O3. The standard InChI is InChI=1S/C28H24ClF2N5O3/c1-3-21(37)36-27(14-28(30,31)15-27)10-7-16-13-32-11-8-17(16)23-24(22-19(34-23)9-12-33-26(22)38)35-20-6-4-5-18(29)25(20)39-2/h3-6,8,11,13,34-35H,1,9,12,14-15H2,2H3,(H,33,38)(H,36,37). The van der Waals surface area contributed by atoms with Crippen LogP contribution in [0.2, 0.25) is 5.02 Å². The van der Waals surface area contributed by atoms with Gasteiger partial charge in [-0.3, -0.25) is 14.6 Å². The summed E-state index contributed by atoms with van der Waals surface area (Å²) >= 11 is 6.33. The molecule has 0 unspecified atom stereocenters. The van der Waals surface area contributed by atoms with E-state index in [-0.39, 0.29) is 5.91 Å². The summed E-state index contributed by atoms with van der Waals surface area (Å²) in [4.78, 5) is 32.4. The lowest BCUT2D eigenvalue weighted by Crippen LogP contribution is -2.61. The van der Waals surface area contributed by atoms with Crippen LogP contribution in [0, 0.1) is 11.8 Å². The van der Waals surface area contributed by atoms with Crippen molar-refractivity contribution in [2.45, 2.75) is 30.7 Å². The quantitative estimate of drug-likeness (QED) is 0.265. The Morgan fingerprint density at radius 3 is 2.82 bits per heavy atom. The lowest BCUT2D eigenvalue weighted by Gasteiger charge is -2.43. The number of halogens is 3. The molecule has 1 aliphatic heterocycles. The zero-order valence-corrected chi connectivity index (χ0v) is 21.6. The van der Waals surface area contributed by atoms with Gasteiger partial charge in [0, 0.05) is 49.5 Å². The maximum atomic E-state index is 13.8. The summed E-state index contributed by atoms with van der Waals surface area (Å²) in [7, 11) is 1.49. The molecule has 3 aromatic rings. The van der Waals surface area contributed by atoms with Gasteiger partial charge >= 0.3 is 0 Å². The van der Waals surface area contributed by atoms with Crippen molar-refractivity contribution in [3.63, 3.8) is 0 Å². The zero-order chi connectivity index (χ0) is 27.8. The molecule has 0 atom stereocenters. The molecule has 1 aliphatic carbocycles. The van der Waals surface area contributed by atoms with Crippen LogP contribution in [0.3, 0.4) is 0 Å². The third kappa shape index (κ3) is 5.05. The number of fused-ring (bicyclic) bond motifs is 1. The second kappa shape index (κ2) is 10.1. The van der Waals surface area contributed by atoms with E-state index in [1.54, 1.807) is 30.5 Å². The molecule has 200 valence electrons. The van der Waals surface area contributed by atoms with Gasteiger partial charge in [-0.05, 0) is 24.3 Å². The minimum Gasteiger partial charge on any atom is -0.493 e. The topological polar surface area (TPSA) is 108 Å². The van der Waals surface area contributed by atoms with Gasteiger partial charge in [-0.2, -0.15) is 0 Å². The van der Waals surface area contributed by atoms with Gasteiger partial charge in [-0.25, -0.2) is 8.78 Å². The molecule has 39 heavy (non-hydrogen) atoms. The average Bonchev–Trinajstić information content (AvgIpc) is 3.26. The molecule has 2 aliphatic rings. The van der Waals surface area contributed by atoms with Crippen molar-refractivity contribution in [3.05, 3.63) is 71.2 Å². The predicted molar refractivity (Wildman–Crippen MR) is 143 cm³/mol. The largest absolute Gasteiger partial charge is 0.493 e. The summed E-state index contributed by atoms with van der Waals surface area (Å²) in [5, 5.41) is 9.09. The van der Waals surface area contributed by atoms with E-state index >= 15 is 0 Å². The minimum absolute atomic E-state index is 0.258.